The van der Waals surface area contributed by atoms with E-state index < -0.39 is 5.82 Å². The third-order valence-corrected chi connectivity index (χ3v) is 7.47. The molecular formula is C27H25FN8O. The second-order valence-corrected chi connectivity index (χ2v) is 9.93. The van der Waals surface area contributed by atoms with E-state index in [0.717, 1.165) is 30.6 Å². The second-order valence-electron chi connectivity index (χ2n) is 9.93. The van der Waals surface area contributed by atoms with Crippen molar-refractivity contribution in [3.05, 3.63) is 72.3 Å². The smallest absolute Gasteiger partial charge is 0.160 e. The van der Waals surface area contributed by atoms with Crippen molar-refractivity contribution in [2.45, 2.75) is 44.1 Å². The Hall–Kier alpha value is -4.18. The lowest BCUT2D eigenvalue weighted by Gasteiger charge is -2.30. The first-order valence-electron chi connectivity index (χ1n) is 12.5. The van der Waals surface area contributed by atoms with Gasteiger partial charge in [-0.3, -0.25) is 0 Å². The quantitative estimate of drug-likeness (QED) is 0.349. The van der Waals surface area contributed by atoms with Gasteiger partial charge in [0.25, 0.3) is 0 Å². The van der Waals surface area contributed by atoms with Gasteiger partial charge >= 0.3 is 0 Å². The van der Waals surface area contributed by atoms with Crippen molar-refractivity contribution in [1.29, 1.82) is 0 Å². The lowest BCUT2D eigenvalue weighted by atomic mass is 9.88. The molecule has 0 unspecified atom stereocenters. The van der Waals surface area contributed by atoms with Crippen molar-refractivity contribution in [3.63, 3.8) is 0 Å². The maximum atomic E-state index is 15.5. The summed E-state index contributed by atoms with van der Waals surface area (Å²) in [6.45, 7) is 2.69. The van der Waals surface area contributed by atoms with E-state index in [1.54, 1.807) is 41.9 Å². The van der Waals surface area contributed by atoms with Gasteiger partial charge < -0.3 is 15.4 Å². The molecule has 0 bridgehead atoms. The number of pyridine rings is 2. The molecule has 7 rings (SSSR count). The summed E-state index contributed by atoms with van der Waals surface area (Å²) in [6, 6.07) is 10.9. The SMILES string of the molecule is Cc1c(Oc2ccn3ncnc3c2)ccc(Nc2ncnc3ccc([C@@H]4CCNC5(CC5)C4)nc23)c1F. The molecule has 1 saturated heterocycles. The predicted octanol–water partition coefficient (Wildman–Crippen LogP) is 5.05. The number of nitrogens with zero attached hydrogens (tertiary/aromatic N) is 6. The Bertz CT molecular complexity index is 1650. The fraction of sp³-hybridized carbons (Fsp3) is 0.296. The van der Waals surface area contributed by atoms with Crippen molar-refractivity contribution in [1.82, 2.24) is 34.9 Å². The lowest BCUT2D eigenvalue weighted by Crippen LogP contribution is -2.39. The predicted molar refractivity (Wildman–Crippen MR) is 137 cm³/mol. The third kappa shape index (κ3) is 4.03. The molecule has 1 aromatic carbocycles. The van der Waals surface area contributed by atoms with Crippen molar-refractivity contribution in [2.24, 2.45) is 0 Å². The normalized spacial score (nSPS) is 18.4. The van der Waals surface area contributed by atoms with E-state index in [1.807, 2.05) is 6.07 Å². The largest absolute Gasteiger partial charge is 0.457 e. The summed E-state index contributed by atoms with van der Waals surface area (Å²) < 4.78 is 23.1. The van der Waals surface area contributed by atoms with Crippen LogP contribution in [0.1, 0.15) is 42.9 Å². The Morgan fingerprint density at radius 1 is 1.11 bits per heavy atom. The molecule has 5 aromatic rings. The molecule has 1 aliphatic carbocycles. The van der Waals surface area contributed by atoms with Gasteiger partial charge in [-0.25, -0.2) is 28.8 Å². The Morgan fingerprint density at radius 3 is 2.92 bits per heavy atom. The number of fused-ring (bicyclic) bond motifs is 2. The molecule has 4 aromatic heterocycles. The molecule has 1 aliphatic heterocycles. The molecule has 1 atom stereocenters. The minimum absolute atomic E-state index is 0.295. The van der Waals surface area contributed by atoms with Crippen molar-refractivity contribution in [3.8, 4) is 11.5 Å². The molecule has 1 saturated carbocycles. The number of rotatable bonds is 5. The maximum absolute atomic E-state index is 15.5. The van der Waals surface area contributed by atoms with Crippen LogP contribution in [0, 0.1) is 12.7 Å². The average Bonchev–Trinajstić information content (AvgIpc) is 3.48. The van der Waals surface area contributed by atoms with E-state index in [9.17, 15) is 0 Å². The molecule has 2 aliphatic rings. The number of ether oxygens (including phenoxy) is 1. The van der Waals surface area contributed by atoms with E-state index in [4.69, 9.17) is 9.72 Å². The number of halogens is 1. The zero-order valence-corrected chi connectivity index (χ0v) is 20.3. The number of hydrogen-bond donors (Lipinski definition) is 2. The molecular weight excluding hydrogens is 471 g/mol. The number of benzene rings is 1. The van der Waals surface area contributed by atoms with E-state index in [1.165, 1.54) is 25.5 Å². The van der Waals surface area contributed by atoms with Crippen LogP contribution in [-0.2, 0) is 0 Å². The highest BCUT2D eigenvalue weighted by atomic mass is 19.1. The molecule has 0 radical (unpaired) electrons. The Morgan fingerprint density at radius 2 is 2.03 bits per heavy atom. The van der Waals surface area contributed by atoms with Gasteiger partial charge in [-0.2, -0.15) is 5.10 Å². The van der Waals surface area contributed by atoms with Gasteiger partial charge in [-0.15, -0.1) is 0 Å². The highest BCUT2D eigenvalue weighted by Gasteiger charge is 2.46. The first-order chi connectivity index (χ1) is 18.1. The van der Waals surface area contributed by atoms with Crippen LogP contribution in [0.4, 0.5) is 15.9 Å². The highest BCUT2D eigenvalue weighted by molar-refractivity contribution is 5.87. The average molecular weight is 497 g/mol. The van der Waals surface area contributed by atoms with Crippen LogP contribution in [-0.4, -0.2) is 41.6 Å². The monoisotopic (exact) mass is 496 g/mol. The maximum Gasteiger partial charge on any atom is 0.160 e. The molecule has 5 heterocycles. The van der Waals surface area contributed by atoms with Crippen LogP contribution in [0.5, 0.6) is 11.5 Å². The summed E-state index contributed by atoms with van der Waals surface area (Å²) in [5.74, 6) is 1.42. The van der Waals surface area contributed by atoms with Crippen LogP contribution in [0.3, 0.4) is 0 Å². The molecule has 2 N–H and O–H groups in total. The minimum atomic E-state index is -0.419. The van der Waals surface area contributed by atoms with Crippen LogP contribution in [0.15, 0.2) is 55.2 Å². The first-order valence-corrected chi connectivity index (χ1v) is 12.5. The molecule has 2 fully saturated rings. The van der Waals surface area contributed by atoms with Crippen molar-refractivity contribution < 1.29 is 9.13 Å². The van der Waals surface area contributed by atoms with E-state index in [2.05, 4.69) is 36.8 Å². The van der Waals surface area contributed by atoms with E-state index in [0.29, 0.717) is 51.2 Å². The Labute approximate surface area is 212 Å². The van der Waals surface area contributed by atoms with Crippen molar-refractivity contribution in [2.75, 3.05) is 11.9 Å². The van der Waals surface area contributed by atoms with E-state index >= 15 is 4.39 Å². The summed E-state index contributed by atoms with van der Waals surface area (Å²) >= 11 is 0. The summed E-state index contributed by atoms with van der Waals surface area (Å²) in [7, 11) is 0. The summed E-state index contributed by atoms with van der Waals surface area (Å²) in [4.78, 5) is 17.9. The number of piperidine rings is 1. The Kier molecular flexibility index (Phi) is 5.03. The minimum Gasteiger partial charge on any atom is -0.457 e. The molecule has 1 spiro atoms. The van der Waals surface area contributed by atoms with Gasteiger partial charge in [-0.05, 0) is 69.5 Å². The summed E-state index contributed by atoms with van der Waals surface area (Å²) in [5, 5.41) is 10.9. The molecule has 37 heavy (non-hydrogen) atoms. The van der Waals surface area contributed by atoms with Gasteiger partial charge in [0.1, 0.15) is 29.7 Å². The topological polar surface area (TPSA) is 102 Å². The second kappa shape index (κ2) is 8.45. The number of hydrogen-bond acceptors (Lipinski definition) is 8. The zero-order valence-electron chi connectivity index (χ0n) is 20.3. The zero-order chi connectivity index (χ0) is 25.0. The fourth-order valence-electron chi connectivity index (χ4n) is 5.20. The van der Waals surface area contributed by atoms with Gasteiger partial charge in [-0.1, -0.05) is 0 Å². The Balaban J connectivity index is 1.17. The highest BCUT2D eigenvalue weighted by Crippen LogP contribution is 2.46. The lowest BCUT2D eigenvalue weighted by molar-refractivity contribution is 0.342. The van der Waals surface area contributed by atoms with Gasteiger partial charge in [0, 0.05) is 35.0 Å². The van der Waals surface area contributed by atoms with Crippen LogP contribution in [0.25, 0.3) is 16.7 Å². The summed E-state index contributed by atoms with van der Waals surface area (Å²) in [6.07, 6.45) is 9.31. The molecule has 9 nitrogen and oxygen atoms in total. The van der Waals surface area contributed by atoms with Crippen LogP contribution < -0.4 is 15.4 Å². The van der Waals surface area contributed by atoms with Crippen LogP contribution >= 0.6 is 0 Å². The van der Waals surface area contributed by atoms with Gasteiger partial charge in [0.2, 0.25) is 0 Å². The molecule has 186 valence electrons. The fourth-order valence-corrected chi connectivity index (χ4v) is 5.20. The van der Waals surface area contributed by atoms with Gasteiger partial charge in [0.05, 0.1) is 11.2 Å². The van der Waals surface area contributed by atoms with E-state index in [-0.39, 0.29) is 0 Å². The third-order valence-electron chi connectivity index (χ3n) is 7.47. The van der Waals surface area contributed by atoms with Crippen molar-refractivity contribution >= 4 is 28.2 Å². The summed E-state index contributed by atoms with van der Waals surface area (Å²) in [5.41, 5.74) is 4.03. The standard InChI is InChI=1S/C27H25FN8O/c1-16-22(37-18-7-11-36-23(12-18)30-15-33-36)5-4-20(24(16)28)35-26-25-21(29-14-31-26)3-2-19(34-25)17-6-10-32-27(13-17)8-9-27/h2-5,7,11-12,14-15,17,32H,6,8-10,13H2,1H3,(H,29,31,35)/t17-/m1/s1. The number of anilines is 2. The first kappa shape index (κ1) is 22.1. The van der Waals surface area contributed by atoms with Gasteiger partial charge in [0.15, 0.2) is 17.3 Å². The number of aromatic nitrogens is 6. The molecule has 0 amide bonds. The van der Waals surface area contributed by atoms with Crippen LogP contribution in [0.2, 0.25) is 0 Å². The molecule has 10 heteroatoms. The number of nitrogens with one attached hydrogen (secondary N) is 2.